The molecule has 0 rings (SSSR count). The molecule has 0 bridgehead atoms. The van der Waals surface area contributed by atoms with Crippen LogP contribution < -0.4 is 0 Å². The lowest BCUT2D eigenvalue weighted by Gasteiger charge is -2.20. The molecule has 0 fully saturated rings. The first-order chi connectivity index (χ1) is 31.8. The smallest absolute Gasteiger partial charge is 0.457 e. The lowest BCUT2D eigenvalue weighted by Crippen LogP contribution is -2.29. The van der Waals surface area contributed by atoms with Crippen LogP contribution in [0.4, 0.5) is 0 Å². The van der Waals surface area contributed by atoms with Gasteiger partial charge in [0.15, 0.2) is 0 Å². The van der Waals surface area contributed by atoms with E-state index in [4.69, 9.17) is 23.6 Å². The molecular weight excluding hydrogens is 836 g/mol. The number of carbonyl (C=O) groups excluding carboxylic acids is 1. The van der Waals surface area contributed by atoms with Gasteiger partial charge in [0.05, 0.1) is 26.4 Å². The molecule has 0 aromatic carbocycles. The minimum absolute atomic E-state index is 0.0591. The fourth-order valence-electron chi connectivity index (χ4n) is 8.71. The van der Waals surface area contributed by atoms with E-state index in [1.165, 1.54) is 250 Å². The fraction of sp³-hybridized carbons (Fsp3) is 0.982. The highest BCUT2D eigenvalue weighted by Gasteiger charge is 2.26. The molecule has 3 unspecified atom stereocenters. The Morgan fingerprint density at radius 2 is 0.692 bits per heavy atom. The van der Waals surface area contributed by atoms with Crippen LogP contribution in [0.2, 0.25) is 0 Å². The molecule has 9 nitrogen and oxygen atoms in total. The van der Waals surface area contributed by atoms with Crippen molar-refractivity contribution in [2.45, 2.75) is 315 Å². The van der Waals surface area contributed by atoms with Crippen LogP contribution in [0.1, 0.15) is 303 Å². The SMILES string of the molecule is CCCCCCCCCCCCCCCCCCCCCCCCOCC(COP(=O)(O)OCC(O)CO)OC(=O)CCCCCCCCCCCCCCCCCCCCCCCC. The monoisotopic (exact) mass is 947 g/mol. The minimum Gasteiger partial charge on any atom is -0.457 e. The average Bonchev–Trinajstić information content (AvgIpc) is 3.30. The van der Waals surface area contributed by atoms with Crippen LogP contribution in [-0.2, 0) is 27.9 Å². The maximum absolute atomic E-state index is 12.7. The third-order valence-corrected chi connectivity index (χ3v) is 14.0. The van der Waals surface area contributed by atoms with Gasteiger partial charge < -0.3 is 24.6 Å². The summed E-state index contributed by atoms with van der Waals surface area (Å²) in [7, 11) is -4.52. The third-order valence-electron chi connectivity index (χ3n) is 13.0. The van der Waals surface area contributed by atoms with E-state index in [0.717, 1.165) is 32.1 Å². The van der Waals surface area contributed by atoms with E-state index >= 15 is 0 Å². The number of hydrogen-bond donors (Lipinski definition) is 3. The van der Waals surface area contributed by atoms with E-state index < -0.39 is 33.2 Å². The van der Waals surface area contributed by atoms with Crippen molar-refractivity contribution in [3.05, 3.63) is 0 Å². The van der Waals surface area contributed by atoms with Gasteiger partial charge in [-0.25, -0.2) is 4.57 Å². The zero-order chi connectivity index (χ0) is 47.4. The van der Waals surface area contributed by atoms with Crippen LogP contribution in [0.15, 0.2) is 0 Å². The van der Waals surface area contributed by atoms with Gasteiger partial charge in [-0.1, -0.05) is 284 Å². The van der Waals surface area contributed by atoms with E-state index in [2.05, 4.69) is 13.8 Å². The van der Waals surface area contributed by atoms with Crippen LogP contribution in [0.3, 0.4) is 0 Å². The molecular formula is C55H111O9P. The second-order valence-corrected chi connectivity index (χ2v) is 21.1. The molecule has 0 saturated carbocycles. The van der Waals surface area contributed by atoms with Crippen molar-refractivity contribution >= 4 is 13.8 Å². The summed E-state index contributed by atoms with van der Waals surface area (Å²) >= 11 is 0. The first kappa shape index (κ1) is 64.5. The summed E-state index contributed by atoms with van der Waals surface area (Å²) in [5.41, 5.74) is 0. The number of phosphoric ester groups is 1. The first-order valence-corrected chi connectivity index (χ1v) is 30.0. The Bertz CT molecular complexity index is 985. The number of rotatable bonds is 56. The Morgan fingerprint density at radius 3 is 1.00 bits per heavy atom. The molecule has 3 atom stereocenters. The second-order valence-electron chi connectivity index (χ2n) is 19.7. The van der Waals surface area contributed by atoms with Crippen molar-refractivity contribution in [2.75, 3.05) is 33.0 Å². The molecule has 0 amide bonds. The molecule has 10 heteroatoms. The summed E-state index contributed by atoms with van der Waals surface area (Å²) in [5.74, 6) is -0.371. The van der Waals surface area contributed by atoms with Gasteiger partial charge in [-0.05, 0) is 12.8 Å². The fourth-order valence-corrected chi connectivity index (χ4v) is 9.50. The number of aliphatic hydroxyl groups is 2. The van der Waals surface area contributed by atoms with Gasteiger partial charge in [0, 0.05) is 13.0 Å². The second kappa shape index (κ2) is 52.8. The Kier molecular flexibility index (Phi) is 52.4. The lowest BCUT2D eigenvalue weighted by molar-refractivity contribution is -0.154. The van der Waals surface area contributed by atoms with Gasteiger partial charge in [-0.3, -0.25) is 13.8 Å². The Balaban J connectivity index is 3.95. The summed E-state index contributed by atoms with van der Waals surface area (Å²) < 4.78 is 33.6. The largest absolute Gasteiger partial charge is 0.472 e. The molecule has 0 spiro atoms. The molecule has 0 heterocycles. The average molecular weight is 947 g/mol. The highest BCUT2D eigenvalue weighted by molar-refractivity contribution is 7.47. The first-order valence-electron chi connectivity index (χ1n) is 28.5. The summed E-state index contributed by atoms with van der Waals surface area (Å²) in [6.45, 7) is 3.62. The molecule has 65 heavy (non-hydrogen) atoms. The Morgan fingerprint density at radius 1 is 0.415 bits per heavy atom. The topological polar surface area (TPSA) is 132 Å². The van der Waals surface area contributed by atoms with E-state index in [1.54, 1.807) is 0 Å². The number of esters is 1. The molecule has 0 radical (unpaired) electrons. The number of carbonyl (C=O) groups is 1. The number of hydrogen-bond acceptors (Lipinski definition) is 8. The van der Waals surface area contributed by atoms with Crippen molar-refractivity contribution in [1.82, 2.24) is 0 Å². The highest BCUT2D eigenvalue weighted by Crippen LogP contribution is 2.43. The van der Waals surface area contributed by atoms with Crippen LogP contribution in [0.5, 0.6) is 0 Å². The number of phosphoric acid groups is 1. The standard InChI is InChI=1S/C55H111O9P/c1-3-5-7-9-11-13-15-17-19-21-23-25-27-29-31-33-35-37-39-41-43-45-47-55(58)64-54(52-63-65(59,60)62-50-53(57)49-56)51-61-48-46-44-42-40-38-36-34-32-30-28-26-24-22-20-18-16-14-12-10-8-6-4-2/h53-54,56-57H,3-52H2,1-2H3,(H,59,60). The predicted molar refractivity (Wildman–Crippen MR) is 275 cm³/mol. The van der Waals surface area contributed by atoms with Gasteiger partial charge in [-0.2, -0.15) is 0 Å². The van der Waals surface area contributed by atoms with Crippen molar-refractivity contribution in [3.63, 3.8) is 0 Å². The lowest BCUT2D eigenvalue weighted by atomic mass is 10.0. The normalized spacial score (nSPS) is 13.6. The highest BCUT2D eigenvalue weighted by atomic mass is 31.2. The zero-order valence-electron chi connectivity index (χ0n) is 43.2. The molecule has 390 valence electrons. The summed E-state index contributed by atoms with van der Waals surface area (Å²) in [6.07, 6.45) is 56.6. The number of unbranched alkanes of at least 4 members (excludes halogenated alkanes) is 42. The van der Waals surface area contributed by atoms with E-state index in [1.807, 2.05) is 0 Å². The van der Waals surface area contributed by atoms with Gasteiger partial charge in [0.1, 0.15) is 12.2 Å². The molecule has 0 aromatic rings. The zero-order valence-corrected chi connectivity index (χ0v) is 44.1. The molecule has 0 aromatic heterocycles. The molecule has 0 aliphatic carbocycles. The van der Waals surface area contributed by atoms with E-state index in [9.17, 15) is 19.4 Å². The van der Waals surface area contributed by atoms with E-state index in [-0.39, 0.29) is 25.6 Å². The van der Waals surface area contributed by atoms with Crippen molar-refractivity contribution in [2.24, 2.45) is 0 Å². The Labute approximate surface area is 403 Å². The van der Waals surface area contributed by atoms with Gasteiger partial charge in [0.2, 0.25) is 0 Å². The minimum atomic E-state index is -4.52. The van der Waals surface area contributed by atoms with Gasteiger partial charge in [0.25, 0.3) is 0 Å². The molecule has 0 saturated heterocycles. The maximum Gasteiger partial charge on any atom is 0.472 e. The maximum atomic E-state index is 12.7. The van der Waals surface area contributed by atoms with Crippen molar-refractivity contribution in [3.8, 4) is 0 Å². The van der Waals surface area contributed by atoms with Gasteiger partial charge in [-0.15, -0.1) is 0 Å². The quantitative estimate of drug-likeness (QED) is 0.0310. The number of aliphatic hydroxyl groups excluding tert-OH is 2. The van der Waals surface area contributed by atoms with Crippen LogP contribution >= 0.6 is 7.82 Å². The van der Waals surface area contributed by atoms with Gasteiger partial charge >= 0.3 is 13.8 Å². The van der Waals surface area contributed by atoms with Crippen molar-refractivity contribution in [1.29, 1.82) is 0 Å². The van der Waals surface area contributed by atoms with Crippen LogP contribution in [-0.4, -0.2) is 66.3 Å². The molecule has 0 aliphatic heterocycles. The molecule has 3 N–H and O–H groups in total. The summed E-state index contributed by atoms with van der Waals surface area (Å²) in [5, 5.41) is 18.5. The van der Waals surface area contributed by atoms with Crippen molar-refractivity contribution < 1.29 is 43.0 Å². The predicted octanol–water partition coefficient (Wildman–Crippen LogP) is 17.0. The Hall–Kier alpha value is -0.540. The number of ether oxygens (including phenoxy) is 2. The van der Waals surface area contributed by atoms with E-state index in [0.29, 0.717) is 6.61 Å². The summed E-state index contributed by atoms with van der Waals surface area (Å²) in [4.78, 5) is 22.8. The van der Waals surface area contributed by atoms with Crippen LogP contribution in [0.25, 0.3) is 0 Å². The summed E-state index contributed by atoms with van der Waals surface area (Å²) in [6, 6.07) is 0. The van der Waals surface area contributed by atoms with Crippen LogP contribution in [0, 0.1) is 0 Å². The molecule has 0 aliphatic rings. The third kappa shape index (κ3) is 52.7.